The van der Waals surface area contributed by atoms with Crippen LogP contribution < -0.4 is 15.8 Å². The highest BCUT2D eigenvalue weighted by Crippen LogP contribution is 2.37. The van der Waals surface area contributed by atoms with Crippen LogP contribution in [0.15, 0.2) is 53.4 Å². The first-order valence-electron chi connectivity index (χ1n) is 10.6. The maximum absolute atomic E-state index is 13.1. The zero-order valence-electron chi connectivity index (χ0n) is 18.9. The zero-order valence-corrected chi connectivity index (χ0v) is 20.5. The van der Waals surface area contributed by atoms with Gasteiger partial charge >= 0.3 is 6.09 Å². The van der Waals surface area contributed by atoms with Crippen LogP contribution in [0.3, 0.4) is 0 Å². The van der Waals surface area contributed by atoms with E-state index >= 15 is 0 Å². The first kappa shape index (κ1) is 25.1. The topological polar surface area (TPSA) is 148 Å². The number of methoxy groups -OCH3 is 1. The number of carbonyl (C=O) groups is 3. The van der Waals surface area contributed by atoms with Crippen molar-refractivity contribution < 1.29 is 31.9 Å². The van der Waals surface area contributed by atoms with Gasteiger partial charge in [-0.25, -0.2) is 17.6 Å². The number of nitrogens with zero attached hydrogens (tertiary/aromatic N) is 1. The summed E-state index contributed by atoms with van der Waals surface area (Å²) in [5.41, 5.74) is 6.67. The van der Waals surface area contributed by atoms with E-state index in [1.54, 1.807) is 0 Å². The molecule has 0 radical (unpaired) electrons. The van der Waals surface area contributed by atoms with Crippen LogP contribution >= 0.6 is 11.3 Å². The normalized spacial score (nSPS) is 13.0. The Morgan fingerprint density at radius 3 is 2.53 bits per heavy atom. The number of nitrogens with two attached hydrogens (primary N) is 1. The van der Waals surface area contributed by atoms with Gasteiger partial charge in [0.2, 0.25) is 0 Å². The summed E-state index contributed by atoms with van der Waals surface area (Å²) >= 11 is 1.13. The predicted molar refractivity (Wildman–Crippen MR) is 131 cm³/mol. The second-order valence-corrected chi connectivity index (χ2v) is 10.6. The number of carbonyl (C=O) groups excluding carboxylic acids is 3. The number of rotatable bonds is 6. The lowest BCUT2D eigenvalue weighted by Crippen LogP contribution is -2.35. The molecule has 0 saturated carbocycles. The van der Waals surface area contributed by atoms with Crippen LogP contribution in [0, 0.1) is 5.82 Å². The molecule has 0 spiro atoms. The maximum atomic E-state index is 13.1. The van der Waals surface area contributed by atoms with E-state index in [4.69, 9.17) is 10.5 Å². The predicted octanol–water partition coefficient (Wildman–Crippen LogP) is 3.16. The smallest absolute Gasteiger partial charge is 0.409 e. The molecule has 4 rings (SSSR count). The fraction of sp³-hybridized carbons (Fsp3) is 0.174. The molecule has 0 unspecified atom stereocenters. The third-order valence-corrected chi connectivity index (χ3v) is 7.99. The summed E-state index contributed by atoms with van der Waals surface area (Å²) in [5.74, 6) is -1.88. The van der Waals surface area contributed by atoms with Gasteiger partial charge < -0.3 is 20.7 Å². The minimum absolute atomic E-state index is 0.112. The molecule has 0 saturated heterocycles. The molecule has 3 aromatic rings. The van der Waals surface area contributed by atoms with Crippen LogP contribution in [0.4, 0.5) is 19.9 Å². The molecule has 36 heavy (non-hydrogen) atoms. The summed E-state index contributed by atoms with van der Waals surface area (Å²) in [4.78, 5) is 39.1. The lowest BCUT2D eigenvalue weighted by atomic mass is 10.0. The van der Waals surface area contributed by atoms with Crippen molar-refractivity contribution in [1.29, 1.82) is 0 Å². The molecule has 1 aliphatic heterocycles. The maximum Gasteiger partial charge on any atom is 0.409 e. The number of thiophene rings is 1. The van der Waals surface area contributed by atoms with Gasteiger partial charge in [-0.15, -0.1) is 11.3 Å². The van der Waals surface area contributed by atoms with Crippen LogP contribution in [-0.2, 0) is 27.7 Å². The fourth-order valence-electron chi connectivity index (χ4n) is 3.76. The van der Waals surface area contributed by atoms with Crippen molar-refractivity contribution >= 4 is 50.0 Å². The van der Waals surface area contributed by atoms with E-state index in [9.17, 15) is 27.2 Å². The largest absolute Gasteiger partial charge is 0.453 e. The highest BCUT2D eigenvalue weighted by molar-refractivity contribution is 7.92. The molecule has 1 aliphatic rings. The Morgan fingerprint density at radius 1 is 1.14 bits per heavy atom. The Labute approximate surface area is 209 Å². The number of anilines is 2. The molecule has 0 aliphatic carbocycles. The van der Waals surface area contributed by atoms with Gasteiger partial charge in [-0.3, -0.25) is 14.3 Å². The Bertz CT molecular complexity index is 1450. The zero-order chi connectivity index (χ0) is 26.0. The summed E-state index contributed by atoms with van der Waals surface area (Å²) in [6, 6.07) is 10.0. The lowest BCUT2D eigenvalue weighted by Gasteiger charge is -2.25. The number of benzene rings is 2. The summed E-state index contributed by atoms with van der Waals surface area (Å²) in [5, 5.41) is 2.91. The highest BCUT2D eigenvalue weighted by atomic mass is 32.2. The second-order valence-electron chi connectivity index (χ2n) is 7.81. The molecule has 3 amide bonds. The van der Waals surface area contributed by atoms with Gasteiger partial charge in [0, 0.05) is 22.7 Å². The van der Waals surface area contributed by atoms with Crippen molar-refractivity contribution in [3.05, 3.63) is 75.9 Å². The number of fused-ring (bicyclic) bond motifs is 1. The molecule has 0 fully saturated rings. The fourth-order valence-corrected chi connectivity index (χ4v) is 6.08. The number of nitrogens with one attached hydrogen (secondary N) is 2. The van der Waals surface area contributed by atoms with Crippen molar-refractivity contribution in [2.75, 3.05) is 23.7 Å². The van der Waals surface area contributed by atoms with Crippen molar-refractivity contribution in [1.82, 2.24) is 4.90 Å². The van der Waals surface area contributed by atoms with E-state index in [1.165, 1.54) is 36.3 Å². The lowest BCUT2D eigenvalue weighted by molar-refractivity contribution is 0.0999. The molecule has 1 aromatic heterocycles. The summed E-state index contributed by atoms with van der Waals surface area (Å²) in [6.45, 7) is 0.545. The Kier molecular flexibility index (Phi) is 6.95. The first-order chi connectivity index (χ1) is 17.1. The number of amides is 3. The third-order valence-electron chi connectivity index (χ3n) is 5.46. The molecule has 0 bridgehead atoms. The van der Waals surface area contributed by atoms with Gasteiger partial charge in [0.25, 0.3) is 21.8 Å². The van der Waals surface area contributed by atoms with Gasteiger partial charge in [0.05, 0.1) is 24.1 Å². The van der Waals surface area contributed by atoms with Crippen LogP contribution in [0.2, 0.25) is 0 Å². The third kappa shape index (κ3) is 5.16. The molecule has 10 nitrogen and oxygen atoms in total. The van der Waals surface area contributed by atoms with Crippen molar-refractivity contribution in [3.8, 4) is 0 Å². The number of hydrogen-bond acceptors (Lipinski definition) is 7. The quantitative estimate of drug-likeness (QED) is 0.444. The Morgan fingerprint density at radius 2 is 1.86 bits per heavy atom. The van der Waals surface area contributed by atoms with Gasteiger partial charge in [0.1, 0.15) is 10.8 Å². The molecule has 2 heterocycles. The number of primary amides is 1. The molecule has 4 N–H and O–H groups in total. The molecule has 2 aromatic carbocycles. The first-order valence-corrected chi connectivity index (χ1v) is 12.9. The highest BCUT2D eigenvalue weighted by Gasteiger charge is 2.30. The van der Waals surface area contributed by atoms with Crippen LogP contribution in [0.1, 0.15) is 31.2 Å². The molecule has 188 valence electrons. The van der Waals surface area contributed by atoms with E-state index in [0.717, 1.165) is 35.6 Å². The number of ether oxygens (including phenoxy) is 1. The SMILES string of the molecule is COC(=O)N1CCc2c(sc(NC(=O)c3cccc(NS(=O)(=O)c4ccc(F)cc4)c3)c2C(N)=O)C1. The summed E-state index contributed by atoms with van der Waals surface area (Å²) in [7, 11) is -2.74. The summed E-state index contributed by atoms with van der Waals surface area (Å²) < 4.78 is 45.4. The second kappa shape index (κ2) is 9.95. The van der Waals surface area contributed by atoms with E-state index in [2.05, 4.69) is 10.0 Å². The summed E-state index contributed by atoms with van der Waals surface area (Å²) in [6.07, 6.45) is -0.129. The number of hydrogen-bond donors (Lipinski definition) is 3. The molecule has 13 heteroatoms. The molecular formula is C23H21FN4O6S2. The minimum Gasteiger partial charge on any atom is -0.453 e. The molecule has 0 atom stereocenters. The van der Waals surface area contributed by atoms with E-state index in [0.29, 0.717) is 23.4 Å². The van der Waals surface area contributed by atoms with Crippen LogP contribution in [0.5, 0.6) is 0 Å². The van der Waals surface area contributed by atoms with Crippen molar-refractivity contribution in [3.63, 3.8) is 0 Å². The minimum atomic E-state index is -4.02. The van der Waals surface area contributed by atoms with Crippen LogP contribution in [-0.4, -0.2) is 44.9 Å². The van der Waals surface area contributed by atoms with Crippen molar-refractivity contribution in [2.24, 2.45) is 5.73 Å². The number of sulfonamides is 1. The van der Waals surface area contributed by atoms with Gasteiger partial charge in [-0.1, -0.05) is 6.07 Å². The average molecular weight is 533 g/mol. The van der Waals surface area contributed by atoms with Gasteiger partial charge in [-0.2, -0.15) is 0 Å². The number of halogens is 1. The van der Waals surface area contributed by atoms with E-state index in [1.807, 2.05) is 0 Å². The Hall–Kier alpha value is -3.97. The standard InChI is InChI=1S/C23H21FN4O6S2/c1-34-23(31)28-10-9-17-18(12-28)35-22(19(17)20(25)29)26-21(30)13-3-2-4-15(11-13)27-36(32,33)16-7-5-14(24)6-8-16/h2-8,11,27H,9-10,12H2,1H3,(H2,25,29)(H,26,30). The monoisotopic (exact) mass is 532 g/mol. The van der Waals surface area contributed by atoms with Gasteiger partial charge in [0.15, 0.2) is 0 Å². The van der Waals surface area contributed by atoms with E-state index < -0.39 is 33.7 Å². The average Bonchev–Trinajstić information content (AvgIpc) is 3.20. The Balaban J connectivity index is 1.56. The van der Waals surface area contributed by atoms with Crippen molar-refractivity contribution in [2.45, 2.75) is 17.9 Å². The van der Waals surface area contributed by atoms with Gasteiger partial charge in [-0.05, 0) is 54.4 Å². The molecular weight excluding hydrogens is 511 g/mol. The van der Waals surface area contributed by atoms with Crippen LogP contribution in [0.25, 0.3) is 0 Å². The van der Waals surface area contributed by atoms with E-state index in [-0.39, 0.29) is 33.3 Å².